The molecule has 0 radical (unpaired) electrons. The number of aliphatic hydroxyl groups excluding tert-OH is 3. The van der Waals surface area contributed by atoms with Gasteiger partial charge in [0, 0.05) is 5.02 Å². The molecule has 6 nitrogen and oxygen atoms in total. The number of halogens is 1. The summed E-state index contributed by atoms with van der Waals surface area (Å²) in [5.74, 6) is 0. The maximum absolute atomic E-state index is 12.2. The normalized spacial score (nSPS) is 12.7. The van der Waals surface area contributed by atoms with E-state index >= 15 is 0 Å². The first-order valence-corrected chi connectivity index (χ1v) is 7.30. The molecule has 8 heteroatoms. The van der Waals surface area contributed by atoms with Crippen molar-refractivity contribution in [2.45, 2.75) is 17.4 Å². The van der Waals surface area contributed by atoms with Crippen LogP contribution in [0.4, 0.5) is 0 Å². The fourth-order valence-electron chi connectivity index (χ4n) is 1.47. The van der Waals surface area contributed by atoms with Crippen LogP contribution in [0.2, 0.25) is 5.02 Å². The maximum Gasteiger partial charge on any atom is 0.241 e. The van der Waals surface area contributed by atoms with Crippen LogP contribution in [-0.2, 0) is 10.0 Å². The van der Waals surface area contributed by atoms with Crippen LogP contribution in [0.15, 0.2) is 23.1 Å². The van der Waals surface area contributed by atoms with E-state index in [4.69, 9.17) is 26.9 Å². The monoisotopic (exact) mass is 309 g/mol. The van der Waals surface area contributed by atoms with Gasteiger partial charge in [-0.2, -0.15) is 4.72 Å². The summed E-state index contributed by atoms with van der Waals surface area (Å²) in [6, 6.07) is 4.37. The molecule has 0 fully saturated rings. The highest BCUT2D eigenvalue weighted by atomic mass is 35.5. The predicted molar refractivity (Wildman–Crippen MR) is 70.5 cm³/mol. The molecule has 19 heavy (non-hydrogen) atoms. The third-order valence-corrected chi connectivity index (χ3v) is 4.90. The van der Waals surface area contributed by atoms with E-state index in [9.17, 15) is 8.42 Å². The summed E-state index contributed by atoms with van der Waals surface area (Å²) >= 11 is 5.85. The van der Waals surface area contributed by atoms with Gasteiger partial charge in [-0.1, -0.05) is 17.7 Å². The molecular formula is C11H16ClNO5S. The van der Waals surface area contributed by atoms with E-state index in [0.717, 1.165) is 0 Å². The second kappa shape index (κ2) is 6.17. The summed E-state index contributed by atoms with van der Waals surface area (Å²) in [6.07, 6.45) is 0. The fourth-order valence-corrected chi connectivity index (χ4v) is 3.34. The number of rotatable bonds is 6. The molecule has 1 aromatic carbocycles. The van der Waals surface area contributed by atoms with Gasteiger partial charge in [0.2, 0.25) is 10.0 Å². The summed E-state index contributed by atoms with van der Waals surface area (Å²) in [5.41, 5.74) is -1.37. The van der Waals surface area contributed by atoms with Gasteiger partial charge in [-0.3, -0.25) is 0 Å². The van der Waals surface area contributed by atoms with Gasteiger partial charge in [0.15, 0.2) is 0 Å². The highest BCUT2D eigenvalue weighted by Crippen LogP contribution is 2.23. The van der Waals surface area contributed by atoms with E-state index in [1.165, 1.54) is 19.1 Å². The van der Waals surface area contributed by atoms with Crippen LogP contribution in [0, 0.1) is 6.92 Å². The molecule has 0 aliphatic carbocycles. The van der Waals surface area contributed by atoms with Crippen molar-refractivity contribution in [1.29, 1.82) is 0 Å². The van der Waals surface area contributed by atoms with Crippen molar-refractivity contribution in [2.24, 2.45) is 0 Å². The van der Waals surface area contributed by atoms with Crippen LogP contribution in [0.25, 0.3) is 0 Å². The van der Waals surface area contributed by atoms with Gasteiger partial charge in [-0.15, -0.1) is 0 Å². The molecule has 0 saturated heterocycles. The Hall–Kier alpha value is -0.700. The van der Waals surface area contributed by atoms with Crippen LogP contribution < -0.4 is 4.72 Å². The van der Waals surface area contributed by atoms with E-state index in [1.54, 1.807) is 6.07 Å². The molecule has 0 unspecified atom stereocenters. The van der Waals surface area contributed by atoms with Crippen molar-refractivity contribution >= 4 is 21.6 Å². The van der Waals surface area contributed by atoms with E-state index < -0.39 is 35.4 Å². The highest BCUT2D eigenvalue weighted by molar-refractivity contribution is 7.89. The van der Waals surface area contributed by atoms with Gasteiger partial charge in [0.1, 0.15) is 5.54 Å². The highest BCUT2D eigenvalue weighted by Gasteiger charge is 2.34. The SMILES string of the molecule is Cc1c(Cl)cccc1S(=O)(=O)NC(CO)(CO)CO. The molecule has 0 heterocycles. The quantitative estimate of drug-likeness (QED) is 0.574. The Balaban J connectivity index is 3.22. The Kier molecular flexibility index (Phi) is 5.31. The van der Waals surface area contributed by atoms with Crippen molar-refractivity contribution < 1.29 is 23.7 Å². The van der Waals surface area contributed by atoms with Crippen LogP contribution in [0.3, 0.4) is 0 Å². The third kappa shape index (κ3) is 3.44. The van der Waals surface area contributed by atoms with Crippen molar-refractivity contribution in [1.82, 2.24) is 4.72 Å². The summed E-state index contributed by atoms with van der Waals surface area (Å²) in [5, 5.41) is 27.7. The van der Waals surface area contributed by atoms with Gasteiger partial charge in [-0.25, -0.2) is 8.42 Å². The minimum Gasteiger partial charge on any atom is -0.394 e. The molecule has 1 aromatic rings. The number of nitrogens with one attached hydrogen (secondary N) is 1. The first-order valence-electron chi connectivity index (χ1n) is 5.43. The molecule has 0 aliphatic heterocycles. The van der Waals surface area contributed by atoms with Gasteiger partial charge in [0.25, 0.3) is 0 Å². The average Bonchev–Trinajstić information content (AvgIpc) is 2.39. The summed E-state index contributed by atoms with van der Waals surface area (Å²) in [4.78, 5) is -0.0697. The number of benzene rings is 1. The summed E-state index contributed by atoms with van der Waals surface area (Å²) in [6.45, 7) is -0.675. The Bertz CT molecular complexity index is 534. The lowest BCUT2D eigenvalue weighted by molar-refractivity contribution is 0.0582. The van der Waals surface area contributed by atoms with Crippen molar-refractivity contribution in [3.63, 3.8) is 0 Å². The smallest absolute Gasteiger partial charge is 0.241 e. The van der Waals surface area contributed by atoms with Crippen LogP contribution >= 0.6 is 11.6 Å². The molecule has 4 N–H and O–H groups in total. The number of hydrogen-bond acceptors (Lipinski definition) is 5. The minimum absolute atomic E-state index is 0.0697. The summed E-state index contributed by atoms with van der Waals surface area (Å²) < 4.78 is 26.5. The molecule has 0 aliphatic rings. The molecule has 0 amide bonds. The largest absolute Gasteiger partial charge is 0.394 e. The molecule has 0 atom stereocenters. The van der Waals surface area contributed by atoms with Gasteiger partial charge in [-0.05, 0) is 24.6 Å². The molecule has 0 spiro atoms. The van der Waals surface area contributed by atoms with E-state index in [0.29, 0.717) is 5.56 Å². The zero-order chi connectivity index (χ0) is 14.7. The topological polar surface area (TPSA) is 107 Å². The third-order valence-electron chi connectivity index (χ3n) is 2.77. The van der Waals surface area contributed by atoms with Crippen molar-refractivity contribution in [2.75, 3.05) is 19.8 Å². The van der Waals surface area contributed by atoms with Gasteiger partial charge < -0.3 is 15.3 Å². The zero-order valence-corrected chi connectivity index (χ0v) is 11.9. The Morgan fingerprint density at radius 1 is 1.21 bits per heavy atom. The van der Waals surface area contributed by atoms with Crippen LogP contribution in [0.1, 0.15) is 5.56 Å². The number of hydrogen-bond donors (Lipinski definition) is 4. The lowest BCUT2D eigenvalue weighted by atomic mass is 10.1. The second-order valence-corrected chi connectivity index (χ2v) is 6.28. The molecule has 0 aromatic heterocycles. The van der Waals surface area contributed by atoms with E-state index in [2.05, 4.69) is 4.72 Å². The molecular weight excluding hydrogens is 294 g/mol. The molecule has 0 saturated carbocycles. The molecule has 1 rings (SSSR count). The van der Waals surface area contributed by atoms with Crippen molar-refractivity contribution in [3.05, 3.63) is 28.8 Å². The van der Waals surface area contributed by atoms with E-state index in [1.807, 2.05) is 0 Å². The fraction of sp³-hybridized carbons (Fsp3) is 0.455. The first-order chi connectivity index (χ1) is 8.82. The number of sulfonamides is 1. The van der Waals surface area contributed by atoms with Gasteiger partial charge in [0.05, 0.1) is 24.7 Å². The Morgan fingerprint density at radius 3 is 2.21 bits per heavy atom. The molecule has 108 valence electrons. The summed E-state index contributed by atoms with van der Waals surface area (Å²) in [7, 11) is -4.02. The standard InChI is InChI=1S/C11H16ClNO5S/c1-8-9(12)3-2-4-10(8)19(17,18)13-11(5-14,6-15)7-16/h2-4,13-16H,5-7H2,1H3. The Labute approximate surface area is 116 Å². The lowest BCUT2D eigenvalue weighted by Gasteiger charge is -2.28. The lowest BCUT2D eigenvalue weighted by Crippen LogP contribution is -2.56. The van der Waals surface area contributed by atoms with E-state index in [-0.39, 0.29) is 9.92 Å². The second-order valence-electron chi connectivity index (χ2n) is 4.22. The maximum atomic E-state index is 12.2. The van der Waals surface area contributed by atoms with Crippen LogP contribution in [-0.4, -0.2) is 49.1 Å². The predicted octanol–water partition coefficient (Wildman–Crippen LogP) is -0.358. The first kappa shape index (κ1) is 16.4. The Morgan fingerprint density at radius 2 is 1.74 bits per heavy atom. The van der Waals surface area contributed by atoms with Crippen molar-refractivity contribution in [3.8, 4) is 0 Å². The van der Waals surface area contributed by atoms with Crippen LogP contribution in [0.5, 0.6) is 0 Å². The number of aliphatic hydroxyl groups is 3. The molecule has 0 bridgehead atoms. The zero-order valence-electron chi connectivity index (χ0n) is 10.3. The minimum atomic E-state index is -4.02. The average molecular weight is 310 g/mol. The van der Waals surface area contributed by atoms with Gasteiger partial charge >= 0.3 is 0 Å².